The van der Waals surface area contributed by atoms with E-state index >= 15 is 0 Å². The molecule has 1 fully saturated rings. The lowest BCUT2D eigenvalue weighted by Gasteiger charge is -2.12. The van der Waals surface area contributed by atoms with Gasteiger partial charge in [0.2, 0.25) is 5.91 Å². The highest BCUT2D eigenvalue weighted by atomic mass is 16.3. The van der Waals surface area contributed by atoms with Crippen LogP contribution in [0, 0.1) is 12.8 Å². The second kappa shape index (κ2) is 7.08. The third-order valence-electron chi connectivity index (χ3n) is 5.09. The summed E-state index contributed by atoms with van der Waals surface area (Å²) in [4.78, 5) is 20.7. The summed E-state index contributed by atoms with van der Waals surface area (Å²) in [5.41, 5.74) is 3.88. The predicted molar refractivity (Wildman–Crippen MR) is 106 cm³/mol. The van der Waals surface area contributed by atoms with Crippen LogP contribution in [0.25, 0.3) is 21.9 Å². The fourth-order valence-electron chi connectivity index (χ4n) is 3.22. The fourth-order valence-corrected chi connectivity index (χ4v) is 3.22. The molecule has 0 radical (unpaired) electrons. The van der Waals surface area contributed by atoms with Gasteiger partial charge in [-0.3, -0.25) is 9.78 Å². The van der Waals surface area contributed by atoms with Crippen molar-refractivity contribution in [2.75, 3.05) is 5.32 Å². The molecule has 0 saturated heterocycles. The molecule has 1 aliphatic carbocycles. The topological polar surface area (TPSA) is 75.1 Å². The van der Waals surface area contributed by atoms with E-state index < -0.39 is 6.10 Å². The molecule has 4 rings (SSSR count). The number of nitrogens with one attached hydrogen (secondary N) is 1. The molecule has 1 atom stereocenters. The Morgan fingerprint density at radius 2 is 2.00 bits per heavy atom. The first kappa shape index (κ1) is 17.6. The molecule has 0 bridgehead atoms. The molecule has 2 heterocycles. The van der Waals surface area contributed by atoms with E-state index in [1.807, 2.05) is 38.2 Å². The summed E-state index contributed by atoms with van der Waals surface area (Å²) in [6, 6.07) is 10.0. The van der Waals surface area contributed by atoms with Crippen molar-refractivity contribution in [1.29, 1.82) is 0 Å². The van der Waals surface area contributed by atoms with Crippen molar-refractivity contribution in [3.05, 3.63) is 54.0 Å². The molecule has 2 N–H and O–H groups in total. The number of aliphatic hydroxyl groups is 1. The van der Waals surface area contributed by atoms with Crippen molar-refractivity contribution in [3.63, 3.8) is 0 Å². The minimum Gasteiger partial charge on any atom is -0.387 e. The maximum absolute atomic E-state index is 11.9. The lowest BCUT2D eigenvalue weighted by atomic mass is 9.99. The molecule has 1 saturated carbocycles. The molecule has 5 heteroatoms. The summed E-state index contributed by atoms with van der Waals surface area (Å²) >= 11 is 0. The molecule has 2 aromatic heterocycles. The SMILES string of the molecule is CC[C@H](O)c1cc(C)c(-c2ccc3cc(NC(=O)C4CC4)ncc3c2)cn1. The summed E-state index contributed by atoms with van der Waals surface area (Å²) < 4.78 is 0. The van der Waals surface area contributed by atoms with E-state index in [2.05, 4.69) is 27.4 Å². The largest absolute Gasteiger partial charge is 0.387 e. The van der Waals surface area contributed by atoms with Crippen LogP contribution in [0.1, 0.15) is 43.5 Å². The van der Waals surface area contributed by atoms with E-state index in [4.69, 9.17) is 0 Å². The van der Waals surface area contributed by atoms with Gasteiger partial charge < -0.3 is 10.4 Å². The van der Waals surface area contributed by atoms with Crippen LogP contribution >= 0.6 is 0 Å². The van der Waals surface area contributed by atoms with Gasteiger partial charge in [-0.15, -0.1) is 0 Å². The Bertz CT molecular complexity index is 1010. The minimum absolute atomic E-state index is 0.0644. The number of anilines is 1. The Balaban J connectivity index is 1.62. The number of aryl methyl sites for hydroxylation is 1. The number of carbonyl (C=O) groups is 1. The maximum Gasteiger partial charge on any atom is 0.228 e. The number of hydrogen-bond acceptors (Lipinski definition) is 4. The first-order valence-corrected chi connectivity index (χ1v) is 9.41. The monoisotopic (exact) mass is 361 g/mol. The number of benzene rings is 1. The van der Waals surface area contributed by atoms with Gasteiger partial charge in [0.05, 0.1) is 11.8 Å². The van der Waals surface area contributed by atoms with Crippen molar-refractivity contribution in [1.82, 2.24) is 9.97 Å². The first-order valence-electron chi connectivity index (χ1n) is 9.41. The van der Waals surface area contributed by atoms with Crippen LogP contribution in [-0.2, 0) is 4.79 Å². The van der Waals surface area contributed by atoms with Gasteiger partial charge in [-0.05, 0) is 60.9 Å². The van der Waals surface area contributed by atoms with Gasteiger partial charge in [0.25, 0.3) is 0 Å². The molecule has 0 spiro atoms. The summed E-state index contributed by atoms with van der Waals surface area (Å²) in [5.74, 6) is 0.826. The number of aliphatic hydroxyl groups excluding tert-OH is 1. The smallest absolute Gasteiger partial charge is 0.228 e. The minimum atomic E-state index is -0.525. The number of pyridine rings is 2. The average molecular weight is 361 g/mol. The normalized spacial score (nSPS) is 14.9. The van der Waals surface area contributed by atoms with Crippen LogP contribution in [0.4, 0.5) is 5.82 Å². The van der Waals surface area contributed by atoms with E-state index in [1.54, 1.807) is 6.20 Å². The van der Waals surface area contributed by atoms with E-state index in [0.717, 1.165) is 40.3 Å². The highest BCUT2D eigenvalue weighted by molar-refractivity contribution is 5.96. The van der Waals surface area contributed by atoms with E-state index in [0.29, 0.717) is 17.9 Å². The highest BCUT2D eigenvalue weighted by Gasteiger charge is 2.29. The Labute approximate surface area is 158 Å². The zero-order chi connectivity index (χ0) is 19.0. The Morgan fingerprint density at radius 3 is 2.70 bits per heavy atom. The second-order valence-corrected chi connectivity index (χ2v) is 7.24. The molecule has 138 valence electrons. The van der Waals surface area contributed by atoms with Crippen LogP contribution in [-0.4, -0.2) is 21.0 Å². The number of amides is 1. The quantitative estimate of drug-likeness (QED) is 0.706. The summed E-state index contributed by atoms with van der Waals surface area (Å²) in [5, 5.41) is 14.9. The van der Waals surface area contributed by atoms with Gasteiger partial charge in [0, 0.05) is 29.3 Å². The number of fused-ring (bicyclic) bond motifs is 1. The van der Waals surface area contributed by atoms with Gasteiger partial charge in [0.15, 0.2) is 0 Å². The summed E-state index contributed by atoms with van der Waals surface area (Å²) in [6.45, 7) is 3.97. The zero-order valence-electron chi connectivity index (χ0n) is 15.6. The number of rotatable bonds is 5. The molecule has 3 aromatic rings. The zero-order valence-corrected chi connectivity index (χ0v) is 15.6. The fraction of sp³-hybridized carbons (Fsp3) is 0.318. The number of aromatic nitrogens is 2. The average Bonchev–Trinajstić information content (AvgIpc) is 3.52. The molecule has 0 unspecified atom stereocenters. The van der Waals surface area contributed by atoms with Crippen molar-refractivity contribution in [2.45, 2.75) is 39.2 Å². The molecular weight excluding hydrogens is 338 g/mol. The standard InChI is InChI=1S/C22H23N3O2/c1-3-20(26)19-8-13(2)18(12-23-19)16-7-6-15-10-21(24-11-17(15)9-16)25-22(27)14-4-5-14/h6-12,14,20,26H,3-5H2,1-2H3,(H,24,25,27)/t20-/m0/s1. The van der Waals surface area contributed by atoms with E-state index in [1.165, 1.54) is 0 Å². The molecule has 1 amide bonds. The Morgan fingerprint density at radius 1 is 1.19 bits per heavy atom. The first-order chi connectivity index (χ1) is 13.0. The number of carbonyl (C=O) groups excluding carboxylic acids is 1. The second-order valence-electron chi connectivity index (χ2n) is 7.24. The number of hydrogen-bond donors (Lipinski definition) is 2. The van der Waals surface area contributed by atoms with Crippen LogP contribution in [0.15, 0.2) is 42.7 Å². The van der Waals surface area contributed by atoms with Gasteiger partial charge in [-0.2, -0.15) is 0 Å². The third kappa shape index (κ3) is 3.69. The molecule has 0 aliphatic heterocycles. The van der Waals surface area contributed by atoms with Gasteiger partial charge in [-0.25, -0.2) is 4.98 Å². The lowest BCUT2D eigenvalue weighted by molar-refractivity contribution is -0.117. The van der Waals surface area contributed by atoms with Gasteiger partial charge in [0.1, 0.15) is 5.82 Å². The predicted octanol–water partition coefficient (Wildman–Crippen LogP) is 4.40. The third-order valence-corrected chi connectivity index (χ3v) is 5.09. The lowest BCUT2D eigenvalue weighted by Crippen LogP contribution is -2.14. The Kier molecular flexibility index (Phi) is 4.62. The van der Waals surface area contributed by atoms with Gasteiger partial charge in [-0.1, -0.05) is 19.1 Å². The molecule has 5 nitrogen and oxygen atoms in total. The van der Waals surface area contributed by atoms with Crippen LogP contribution < -0.4 is 5.32 Å². The van der Waals surface area contributed by atoms with Crippen molar-refractivity contribution in [2.24, 2.45) is 5.92 Å². The molecular formula is C22H23N3O2. The van der Waals surface area contributed by atoms with Gasteiger partial charge >= 0.3 is 0 Å². The van der Waals surface area contributed by atoms with Crippen LogP contribution in [0.2, 0.25) is 0 Å². The van der Waals surface area contributed by atoms with E-state index in [-0.39, 0.29) is 11.8 Å². The van der Waals surface area contributed by atoms with Crippen LogP contribution in [0.3, 0.4) is 0 Å². The Hall–Kier alpha value is -2.79. The highest BCUT2D eigenvalue weighted by Crippen LogP contribution is 2.31. The number of nitrogens with zero attached hydrogens (tertiary/aromatic N) is 2. The molecule has 1 aliphatic rings. The summed E-state index contributed by atoms with van der Waals surface area (Å²) in [7, 11) is 0. The van der Waals surface area contributed by atoms with Crippen molar-refractivity contribution >= 4 is 22.5 Å². The maximum atomic E-state index is 11.9. The van der Waals surface area contributed by atoms with Crippen molar-refractivity contribution < 1.29 is 9.90 Å². The van der Waals surface area contributed by atoms with E-state index in [9.17, 15) is 9.90 Å². The summed E-state index contributed by atoms with van der Waals surface area (Å²) in [6.07, 6.45) is 5.69. The van der Waals surface area contributed by atoms with Crippen molar-refractivity contribution in [3.8, 4) is 11.1 Å². The van der Waals surface area contributed by atoms with Crippen LogP contribution in [0.5, 0.6) is 0 Å². The molecule has 27 heavy (non-hydrogen) atoms. The molecule has 1 aromatic carbocycles.